The molecule has 0 unspecified atom stereocenters. The van der Waals surface area contributed by atoms with Gasteiger partial charge in [0.2, 0.25) is 0 Å². The van der Waals surface area contributed by atoms with Crippen LogP contribution in [-0.2, 0) is 5.75 Å². The third-order valence-electron chi connectivity index (χ3n) is 4.09. The van der Waals surface area contributed by atoms with Gasteiger partial charge in [0.1, 0.15) is 0 Å². The van der Waals surface area contributed by atoms with E-state index in [1.807, 2.05) is 48.5 Å². The molecule has 0 aliphatic carbocycles. The molecule has 4 rings (SSSR count). The van der Waals surface area contributed by atoms with Crippen LogP contribution < -0.4 is 0 Å². The first-order chi connectivity index (χ1) is 11.7. The van der Waals surface area contributed by atoms with Gasteiger partial charge in [0.15, 0.2) is 5.16 Å². The number of carbonyl (C=O) groups is 1. The molecule has 1 saturated heterocycles. The van der Waals surface area contributed by atoms with Crippen molar-refractivity contribution in [3.63, 3.8) is 0 Å². The topological polar surface area (TPSA) is 69.2 Å². The highest BCUT2D eigenvalue weighted by Crippen LogP contribution is 2.23. The molecule has 2 heterocycles. The number of carbonyl (C=O) groups excluding carboxylic acids is 1. The second-order valence-corrected chi connectivity index (χ2v) is 6.87. The fourth-order valence-corrected chi connectivity index (χ4v) is 3.54. The van der Waals surface area contributed by atoms with E-state index in [0.717, 1.165) is 27.5 Å². The van der Waals surface area contributed by atoms with Crippen LogP contribution in [0.25, 0.3) is 11.0 Å². The molecule has 122 valence electrons. The second-order valence-electron chi connectivity index (χ2n) is 5.91. The number of benzene rings is 2. The second kappa shape index (κ2) is 6.30. The maximum absolute atomic E-state index is 12.2. The predicted molar refractivity (Wildman–Crippen MR) is 94.0 cm³/mol. The van der Waals surface area contributed by atoms with Crippen molar-refractivity contribution in [3.05, 3.63) is 59.7 Å². The third kappa shape index (κ3) is 3.02. The van der Waals surface area contributed by atoms with Crippen molar-refractivity contribution in [2.45, 2.75) is 17.0 Å². The summed E-state index contributed by atoms with van der Waals surface area (Å²) in [6, 6.07) is 15.6. The molecule has 1 aliphatic heterocycles. The number of rotatable bonds is 4. The Bertz CT molecular complexity index is 836. The maximum Gasteiger partial charge on any atom is 0.254 e. The lowest BCUT2D eigenvalue weighted by Crippen LogP contribution is -2.53. The van der Waals surface area contributed by atoms with Crippen LogP contribution in [0.4, 0.5) is 0 Å². The Kier molecular flexibility index (Phi) is 4.00. The number of H-pyrrole nitrogens is 1. The number of fused-ring (bicyclic) bond motifs is 1. The van der Waals surface area contributed by atoms with Crippen molar-refractivity contribution in [1.82, 2.24) is 14.9 Å². The number of hydrogen-bond donors (Lipinski definition) is 2. The normalized spacial score (nSPS) is 14.8. The molecule has 1 aliphatic rings. The van der Waals surface area contributed by atoms with E-state index < -0.39 is 0 Å². The van der Waals surface area contributed by atoms with E-state index in [2.05, 4.69) is 9.97 Å². The highest BCUT2D eigenvalue weighted by Gasteiger charge is 2.29. The largest absolute Gasteiger partial charge is 0.389 e. The predicted octanol–water partition coefficient (Wildman–Crippen LogP) is 2.67. The smallest absolute Gasteiger partial charge is 0.254 e. The minimum absolute atomic E-state index is 0.0169. The average Bonchev–Trinajstić information content (AvgIpc) is 3.00. The summed E-state index contributed by atoms with van der Waals surface area (Å²) in [7, 11) is 0. The lowest BCUT2D eigenvalue weighted by molar-refractivity contribution is 0.00589. The van der Waals surface area contributed by atoms with Gasteiger partial charge in [0, 0.05) is 24.4 Å². The molecule has 1 fully saturated rings. The first-order valence-corrected chi connectivity index (χ1v) is 8.81. The average molecular weight is 339 g/mol. The van der Waals surface area contributed by atoms with Crippen LogP contribution in [0.1, 0.15) is 15.9 Å². The first kappa shape index (κ1) is 15.2. The Labute approximate surface area is 143 Å². The molecule has 24 heavy (non-hydrogen) atoms. The molecule has 0 radical (unpaired) electrons. The van der Waals surface area contributed by atoms with Gasteiger partial charge in [-0.3, -0.25) is 4.79 Å². The summed E-state index contributed by atoms with van der Waals surface area (Å²) in [6.45, 7) is 0.866. The van der Waals surface area contributed by atoms with E-state index in [1.54, 1.807) is 16.7 Å². The van der Waals surface area contributed by atoms with Crippen molar-refractivity contribution in [1.29, 1.82) is 0 Å². The van der Waals surface area contributed by atoms with E-state index >= 15 is 0 Å². The van der Waals surface area contributed by atoms with Crippen LogP contribution >= 0.6 is 11.8 Å². The van der Waals surface area contributed by atoms with Gasteiger partial charge in [-0.2, -0.15) is 0 Å². The zero-order valence-corrected chi connectivity index (χ0v) is 13.8. The van der Waals surface area contributed by atoms with Crippen LogP contribution in [0, 0.1) is 0 Å². The molecule has 0 bridgehead atoms. The molecular weight excluding hydrogens is 322 g/mol. The number of β-amino-alcohol motifs (C(OH)–C–C–N with tert-alkyl or cyclic N) is 1. The van der Waals surface area contributed by atoms with Gasteiger partial charge in [-0.25, -0.2) is 4.98 Å². The fraction of sp³-hybridized carbons (Fsp3) is 0.222. The summed E-state index contributed by atoms with van der Waals surface area (Å²) >= 11 is 1.64. The zero-order chi connectivity index (χ0) is 16.5. The minimum Gasteiger partial charge on any atom is -0.389 e. The Hall–Kier alpha value is -2.31. The number of hydrogen-bond acceptors (Lipinski definition) is 4. The molecule has 0 saturated carbocycles. The van der Waals surface area contributed by atoms with Gasteiger partial charge in [-0.05, 0) is 29.8 Å². The summed E-state index contributed by atoms with van der Waals surface area (Å²) in [5.41, 5.74) is 3.82. The van der Waals surface area contributed by atoms with Crippen molar-refractivity contribution in [3.8, 4) is 0 Å². The number of thioether (sulfide) groups is 1. The number of aliphatic hydroxyl groups is 1. The quantitative estimate of drug-likeness (QED) is 0.717. The SMILES string of the molecule is O=C(c1ccc(CSc2nc3ccccc3[nH]2)cc1)N1CC(O)C1. The number of imidazole rings is 1. The number of nitrogens with one attached hydrogen (secondary N) is 1. The summed E-state index contributed by atoms with van der Waals surface area (Å²) in [6.07, 6.45) is -0.367. The van der Waals surface area contributed by atoms with Crippen molar-refractivity contribution in [2.24, 2.45) is 0 Å². The lowest BCUT2D eigenvalue weighted by Gasteiger charge is -2.35. The third-order valence-corrected chi connectivity index (χ3v) is 5.04. The molecule has 1 aromatic heterocycles. The van der Waals surface area contributed by atoms with Gasteiger partial charge < -0.3 is 15.0 Å². The first-order valence-electron chi connectivity index (χ1n) is 7.83. The van der Waals surface area contributed by atoms with E-state index in [9.17, 15) is 9.90 Å². The number of aromatic amines is 1. The highest BCUT2D eigenvalue weighted by atomic mass is 32.2. The molecule has 2 aromatic carbocycles. The number of likely N-dealkylation sites (tertiary alicyclic amines) is 1. The molecule has 1 amide bonds. The van der Waals surface area contributed by atoms with E-state index in [0.29, 0.717) is 18.7 Å². The number of amides is 1. The maximum atomic E-state index is 12.2. The van der Waals surface area contributed by atoms with Crippen LogP contribution in [0.2, 0.25) is 0 Å². The van der Waals surface area contributed by atoms with Gasteiger partial charge >= 0.3 is 0 Å². The van der Waals surface area contributed by atoms with Crippen molar-refractivity contribution >= 4 is 28.7 Å². The summed E-state index contributed by atoms with van der Waals surface area (Å²) in [4.78, 5) is 21.7. The molecule has 6 heteroatoms. The van der Waals surface area contributed by atoms with E-state index in [1.165, 1.54) is 0 Å². The minimum atomic E-state index is -0.367. The molecule has 0 atom stereocenters. The molecular formula is C18H17N3O2S. The van der Waals surface area contributed by atoms with Gasteiger partial charge in [-0.15, -0.1) is 0 Å². The van der Waals surface area contributed by atoms with Gasteiger partial charge in [0.05, 0.1) is 17.1 Å². The van der Waals surface area contributed by atoms with Crippen molar-refractivity contribution < 1.29 is 9.90 Å². The molecule has 2 N–H and O–H groups in total. The molecule has 3 aromatic rings. The summed E-state index contributed by atoms with van der Waals surface area (Å²) in [5.74, 6) is 0.772. The monoisotopic (exact) mass is 339 g/mol. The zero-order valence-electron chi connectivity index (χ0n) is 13.0. The Morgan fingerprint density at radius 1 is 1.21 bits per heavy atom. The Balaban J connectivity index is 1.39. The van der Waals surface area contributed by atoms with E-state index in [-0.39, 0.29) is 12.0 Å². The number of aliphatic hydroxyl groups excluding tert-OH is 1. The van der Waals surface area contributed by atoms with Crippen LogP contribution in [-0.4, -0.2) is 45.1 Å². The van der Waals surface area contributed by atoms with Crippen LogP contribution in [0.5, 0.6) is 0 Å². The lowest BCUT2D eigenvalue weighted by atomic mass is 10.1. The number of nitrogens with zero attached hydrogens (tertiary/aromatic N) is 2. The molecule has 0 spiro atoms. The van der Waals surface area contributed by atoms with Crippen LogP contribution in [0.3, 0.4) is 0 Å². The fourth-order valence-electron chi connectivity index (χ4n) is 2.70. The highest BCUT2D eigenvalue weighted by molar-refractivity contribution is 7.98. The van der Waals surface area contributed by atoms with Crippen molar-refractivity contribution in [2.75, 3.05) is 13.1 Å². The molecule has 5 nitrogen and oxygen atoms in total. The summed E-state index contributed by atoms with van der Waals surface area (Å²) < 4.78 is 0. The van der Waals surface area contributed by atoms with E-state index in [4.69, 9.17) is 0 Å². The Morgan fingerprint density at radius 2 is 1.96 bits per heavy atom. The summed E-state index contributed by atoms with van der Waals surface area (Å²) in [5, 5.41) is 10.2. The number of para-hydroxylation sites is 2. The van der Waals surface area contributed by atoms with Crippen LogP contribution in [0.15, 0.2) is 53.7 Å². The van der Waals surface area contributed by atoms with Gasteiger partial charge in [-0.1, -0.05) is 36.0 Å². The number of aromatic nitrogens is 2. The standard InChI is InChI=1S/C18H17N3O2S/c22-14-9-21(10-14)17(23)13-7-5-12(6-8-13)11-24-18-19-15-3-1-2-4-16(15)20-18/h1-8,14,22H,9-11H2,(H,19,20). The Morgan fingerprint density at radius 3 is 2.67 bits per heavy atom. The van der Waals surface area contributed by atoms with Gasteiger partial charge in [0.25, 0.3) is 5.91 Å².